The predicted octanol–water partition coefficient (Wildman–Crippen LogP) is 4.29. The Morgan fingerprint density at radius 2 is 1.54 bits per heavy atom. The van der Waals surface area contributed by atoms with Crippen molar-refractivity contribution in [2.75, 3.05) is 6.61 Å². The van der Waals surface area contributed by atoms with Gasteiger partial charge in [-0.1, -0.05) is 48.0 Å². The minimum Gasteiger partial charge on any atom is -0.408 e. The van der Waals surface area contributed by atoms with Crippen LogP contribution in [0.4, 0.5) is 0 Å². The monoisotopic (exact) mass is 364 g/mol. The molecule has 0 saturated carbocycles. The zero-order valence-electron chi connectivity index (χ0n) is 14.5. The molecular weight excluding hydrogens is 340 g/mol. The van der Waals surface area contributed by atoms with Gasteiger partial charge in [0.15, 0.2) is 8.32 Å². The van der Waals surface area contributed by atoms with Crippen molar-refractivity contribution in [3.05, 3.63) is 65.7 Å². The van der Waals surface area contributed by atoms with E-state index in [4.69, 9.17) is 8.61 Å². The Kier molecular flexibility index (Phi) is 5.98. The molecule has 0 saturated heterocycles. The third-order valence-electron chi connectivity index (χ3n) is 3.35. The Morgan fingerprint density at radius 3 is 2.08 bits per heavy atom. The van der Waals surface area contributed by atoms with E-state index in [9.17, 15) is 8.42 Å². The molecule has 0 aliphatic heterocycles. The lowest BCUT2D eigenvalue weighted by Gasteiger charge is -2.26. The first-order valence-corrected chi connectivity index (χ1v) is 12.7. The summed E-state index contributed by atoms with van der Waals surface area (Å²) in [5, 5.41) is 0. The van der Waals surface area contributed by atoms with E-state index >= 15 is 0 Å². The topological polar surface area (TPSA) is 52.6 Å². The van der Waals surface area contributed by atoms with Crippen molar-refractivity contribution >= 4 is 18.4 Å². The molecule has 0 bridgehead atoms. The smallest absolute Gasteiger partial charge is 0.297 e. The normalized spacial score (nSPS) is 13.7. The van der Waals surface area contributed by atoms with Crippen molar-refractivity contribution in [1.82, 2.24) is 0 Å². The van der Waals surface area contributed by atoms with Crippen LogP contribution in [0.5, 0.6) is 0 Å². The maximum Gasteiger partial charge on any atom is 0.297 e. The predicted molar refractivity (Wildman–Crippen MR) is 97.9 cm³/mol. The number of rotatable bonds is 7. The van der Waals surface area contributed by atoms with Crippen LogP contribution in [0.15, 0.2) is 59.5 Å². The molecule has 0 fully saturated rings. The second-order valence-corrected chi connectivity index (χ2v) is 12.8. The molecule has 0 aliphatic carbocycles. The van der Waals surface area contributed by atoms with Crippen LogP contribution in [-0.4, -0.2) is 23.3 Å². The average molecular weight is 365 g/mol. The van der Waals surface area contributed by atoms with Crippen LogP contribution in [0.3, 0.4) is 0 Å². The maximum atomic E-state index is 12.4. The lowest BCUT2D eigenvalue weighted by atomic mass is 10.1. The Morgan fingerprint density at radius 1 is 0.958 bits per heavy atom. The van der Waals surface area contributed by atoms with Gasteiger partial charge in [0.05, 0.1) is 17.6 Å². The zero-order chi connectivity index (χ0) is 17.8. The molecule has 0 heterocycles. The fraction of sp³-hybridized carbons (Fsp3) is 0.333. The SMILES string of the molecule is Cc1ccc(S(=O)(=O)OC[C@H](O[Si](C)(C)C)c2ccccc2)cc1. The molecule has 24 heavy (non-hydrogen) atoms. The molecule has 2 rings (SSSR count). The van der Waals surface area contributed by atoms with Gasteiger partial charge in [0.1, 0.15) is 0 Å². The van der Waals surface area contributed by atoms with Gasteiger partial charge in [-0.05, 0) is 44.3 Å². The standard InChI is InChI=1S/C18H24O4SSi/c1-15-10-12-17(13-11-15)23(19,20)21-14-18(22-24(2,3)4)16-8-6-5-7-9-16/h5-13,18H,14H2,1-4H3/t18-/m0/s1. The lowest BCUT2D eigenvalue weighted by molar-refractivity contribution is 0.127. The Labute approximate surface area is 145 Å². The van der Waals surface area contributed by atoms with Gasteiger partial charge in [0.2, 0.25) is 0 Å². The fourth-order valence-electron chi connectivity index (χ4n) is 2.22. The average Bonchev–Trinajstić information content (AvgIpc) is 2.52. The second-order valence-electron chi connectivity index (χ2n) is 6.68. The van der Waals surface area contributed by atoms with E-state index < -0.39 is 24.5 Å². The van der Waals surface area contributed by atoms with E-state index in [0.29, 0.717) is 0 Å². The van der Waals surface area contributed by atoms with Gasteiger partial charge in [-0.15, -0.1) is 0 Å². The summed E-state index contributed by atoms with van der Waals surface area (Å²) in [6.07, 6.45) is -0.405. The van der Waals surface area contributed by atoms with Gasteiger partial charge in [0, 0.05) is 0 Å². The summed E-state index contributed by atoms with van der Waals surface area (Å²) in [5.41, 5.74) is 1.91. The highest BCUT2D eigenvalue weighted by molar-refractivity contribution is 7.86. The minimum atomic E-state index is -3.80. The van der Waals surface area contributed by atoms with Crippen LogP contribution in [0.25, 0.3) is 0 Å². The first-order chi connectivity index (χ1) is 11.2. The maximum absolute atomic E-state index is 12.4. The number of hydrogen-bond donors (Lipinski definition) is 0. The van der Waals surface area contributed by atoms with Gasteiger partial charge in [-0.2, -0.15) is 8.42 Å². The largest absolute Gasteiger partial charge is 0.408 e. The van der Waals surface area contributed by atoms with E-state index in [1.54, 1.807) is 24.3 Å². The van der Waals surface area contributed by atoms with Crippen molar-refractivity contribution in [3.63, 3.8) is 0 Å². The summed E-state index contributed by atoms with van der Waals surface area (Å²) >= 11 is 0. The molecule has 0 N–H and O–H groups in total. The van der Waals surface area contributed by atoms with Gasteiger partial charge < -0.3 is 4.43 Å². The highest BCUT2D eigenvalue weighted by Crippen LogP contribution is 2.24. The van der Waals surface area contributed by atoms with Crippen molar-refractivity contribution in [1.29, 1.82) is 0 Å². The molecule has 0 spiro atoms. The first kappa shape index (κ1) is 18.9. The third kappa shape index (κ3) is 5.56. The molecule has 4 nitrogen and oxygen atoms in total. The van der Waals surface area contributed by atoms with Crippen LogP contribution in [-0.2, 0) is 18.7 Å². The molecule has 130 valence electrons. The second kappa shape index (κ2) is 7.61. The van der Waals surface area contributed by atoms with Crippen molar-refractivity contribution in [2.45, 2.75) is 37.6 Å². The van der Waals surface area contributed by atoms with Crippen molar-refractivity contribution < 1.29 is 17.0 Å². The summed E-state index contributed by atoms with van der Waals surface area (Å²) in [4.78, 5) is 0.160. The third-order valence-corrected chi connectivity index (χ3v) is 5.64. The molecule has 2 aromatic carbocycles. The van der Waals surface area contributed by atoms with Crippen LogP contribution in [0, 0.1) is 6.92 Å². The highest BCUT2D eigenvalue weighted by atomic mass is 32.2. The molecule has 0 radical (unpaired) electrons. The molecule has 1 atom stereocenters. The molecule has 2 aromatic rings. The van der Waals surface area contributed by atoms with Gasteiger partial charge >= 0.3 is 0 Å². The van der Waals surface area contributed by atoms with Gasteiger partial charge in [0.25, 0.3) is 10.1 Å². The summed E-state index contributed by atoms with van der Waals surface area (Å²) in [5.74, 6) is 0. The molecule has 0 aromatic heterocycles. The minimum absolute atomic E-state index is 0.0372. The van der Waals surface area contributed by atoms with E-state index in [0.717, 1.165) is 11.1 Å². The van der Waals surface area contributed by atoms with E-state index in [1.165, 1.54) is 0 Å². The quantitative estimate of drug-likeness (QED) is 0.543. The van der Waals surface area contributed by atoms with E-state index in [-0.39, 0.29) is 11.5 Å². The Bertz CT molecular complexity index is 750. The van der Waals surface area contributed by atoms with Crippen molar-refractivity contribution in [3.8, 4) is 0 Å². The van der Waals surface area contributed by atoms with Crippen LogP contribution >= 0.6 is 0 Å². The summed E-state index contributed by atoms with van der Waals surface area (Å²) in [7, 11) is -5.66. The lowest BCUT2D eigenvalue weighted by Crippen LogP contribution is -2.30. The zero-order valence-corrected chi connectivity index (χ0v) is 16.3. The van der Waals surface area contributed by atoms with Crippen LogP contribution < -0.4 is 0 Å². The fourth-order valence-corrected chi connectivity index (χ4v) is 4.18. The van der Waals surface area contributed by atoms with Crippen molar-refractivity contribution in [2.24, 2.45) is 0 Å². The molecule has 6 heteroatoms. The summed E-state index contributed by atoms with van der Waals surface area (Å²) < 4.78 is 36.2. The van der Waals surface area contributed by atoms with E-state index in [2.05, 4.69) is 19.6 Å². The van der Waals surface area contributed by atoms with Gasteiger partial charge in [-0.3, -0.25) is 4.18 Å². The molecule has 0 amide bonds. The first-order valence-electron chi connectivity index (χ1n) is 7.86. The molecular formula is C18H24O4SSi. The summed E-state index contributed by atoms with van der Waals surface area (Å²) in [6.45, 7) is 8.07. The molecule has 0 unspecified atom stereocenters. The van der Waals surface area contributed by atoms with Crippen LogP contribution in [0.2, 0.25) is 19.6 Å². The Balaban J connectivity index is 2.16. The highest BCUT2D eigenvalue weighted by Gasteiger charge is 2.25. The van der Waals surface area contributed by atoms with Gasteiger partial charge in [-0.25, -0.2) is 0 Å². The number of aryl methyl sites for hydroxylation is 1. The summed E-state index contributed by atoms with van der Waals surface area (Å²) in [6, 6.07) is 16.2. The number of hydrogen-bond acceptors (Lipinski definition) is 4. The van der Waals surface area contributed by atoms with Crippen LogP contribution in [0.1, 0.15) is 17.2 Å². The molecule has 0 aliphatic rings. The van der Waals surface area contributed by atoms with E-state index in [1.807, 2.05) is 37.3 Å². The number of benzene rings is 2. The Hall–Kier alpha value is -1.47.